The van der Waals surface area contributed by atoms with E-state index in [1.165, 1.54) is 0 Å². The minimum atomic E-state index is -3.31. The lowest BCUT2D eigenvalue weighted by atomic mass is 9.81. The van der Waals surface area contributed by atoms with E-state index in [0.29, 0.717) is 36.8 Å². The van der Waals surface area contributed by atoms with E-state index in [1.807, 2.05) is 37.3 Å². The lowest BCUT2D eigenvalue weighted by molar-refractivity contribution is 0.0750. The van der Waals surface area contributed by atoms with Crippen molar-refractivity contribution in [1.82, 2.24) is 4.90 Å². The van der Waals surface area contributed by atoms with E-state index >= 15 is 0 Å². The molecule has 4 rings (SSSR count). The van der Waals surface area contributed by atoms with Crippen LogP contribution in [0, 0.1) is 6.92 Å². The van der Waals surface area contributed by atoms with Crippen molar-refractivity contribution in [2.24, 2.45) is 15.7 Å². The highest BCUT2D eigenvalue weighted by atomic mass is 32.2. The molecule has 2 N–H and O–H groups in total. The van der Waals surface area contributed by atoms with Crippen LogP contribution in [0.3, 0.4) is 0 Å². The molecule has 0 saturated carbocycles. The Bertz CT molecular complexity index is 1150. The highest BCUT2D eigenvalue weighted by molar-refractivity contribution is 7.91. The number of ether oxygens (including phenoxy) is 1. The Labute approximate surface area is 196 Å². The smallest absolute Gasteiger partial charge is 0.178 e. The minimum absolute atomic E-state index is 0.00133. The Morgan fingerprint density at radius 2 is 2.03 bits per heavy atom. The van der Waals surface area contributed by atoms with Crippen molar-refractivity contribution in [3.8, 4) is 0 Å². The Kier molecular flexibility index (Phi) is 6.97. The van der Waals surface area contributed by atoms with Crippen molar-refractivity contribution in [1.29, 1.82) is 0 Å². The molecule has 0 aromatic heterocycles. The van der Waals surface area contributed by atoms with Crippen molar-refractivity contribution in [3.63, 3.8) is 0 Å². The van der Waals surface area contributed by atoms with E-state index in [1.54, 1.807) is 18.3 Å². The van der Waals surface area contributed by atoms with Gasteiger partial charge in [-0.05, 0) is 49.6 Å². The number of hydrogen-bond donors (Lipinski definition) is 1. The fourth-order valence-corrected chi connectivity index (χ4v) is 6.33. The first kappa shape index (κ1) is 23.6. The van der Waals surface area contributed by atoms with Gasteiger partial charge in [-0.1, -0.05) is 37.6 Å². The number of rotatable bonds is 10. The number of dihydropyridines is 1. The number of benzene rings is 1. The second-order valence-electron chi connectivity index (χ2n) is 8.57. The molecule has 33 heavy (non-hydrogen) atoms. The molecular weight excluding hydrogens is 436 g/mol. The molecule has 2 atom stereocenters. The van der Waals surface area contributed by atoms with E-state index < -0.39 is 15.4 Å². The molecule has 1 aliphatic carbocycles. The van der Waals surface area contributed by atoms with Gasteiger partial charge in [-0.2, -0.15) is 0 Å². The summed E-state index contributed by atoms with van der Waals surface area (Å²) in [5, 5.41) is 0. The largest absolute Gasteiger partial charge is 0.397 e. The maximum atomic E-state index is 12.6. The first-order chi connectivity index (χ1) is 15.9. The molecular formula is C25H32N4O3S. The summed E-state index contributed by atoms with van der Waals surface area (Å²) in [6.45, 7) is 5.48. The van der Waals surface area contributed by atoms with Gasteiger partial charge < -0.3 is 10.5 Å². The fraction of sp³-hybridized carbons (Fsp3) is 0.440. The molecule has 7 nitrogen and oxygen atoms in total. The fourth-order valence-electron chi connectivity index (χ4n) is 4.77. The topological polar surface area (TPSA) is 97.3 Å². The third-order valence-electron chi connectivity index (χ3n) is 6.33. The predicted octanol–water partition coefficient (Wildman–Crippen LogP) is 3.18. The van der Waals surface area contributed by atoms with Crippen LogP contribution in [0.5, 0.6) is 0 Å². The van der Waals surface area contributed by atoms with Gasteiger partial charge >= 0.3 is 0 Å². The molecule has 8 heteroatoms. The van der Waals surface area contributed by atoms with Gasteiger partial charge in [-0.3, -0.25) is 14.9 Å². The monoisotopic (exact) mass is 468 g/mol. The van der Waals surface area contributed by atoms with Crippen LogP contribution in [-0.4, -0.2) is 62.5 Å². The molecule has 0 saturated heterocycles. The first-order valence-electron chi connectivity index (χ1n) is 11.5. The zero-order valence-corrected chi connectivity index (χ0v) is 20.1. The molecule has 0 amide bonds. The van der Waals surface area contributed by atoms with E-state index in [9.17, 15) is 8.42 Å². The molecule has 2 unspecified atom stereocenters. The lowest BCUT2D eigenvalue weighted by Crippen LogP contribution is -2.56. The summed E-state index contributed by atoms with van der Waals surface area (Å²) < 4.78 is 31.1. The van der Waals surface area contributed by atoms with Gasteiger partial charge in [-0.25, -0.2) is 8.42 Å². The second kappa shape index (κ2) is 9.75. The highest BCUT2D eigenvalue weighted by Crippen LogP contribution is 2.42. The lowest BCUT2D eigenvalue weighted by Gasteiger charge is -2.42. The van der Waals surface area contributed by atoms with Crippen molar-refractivity contribution >= 4 is 21.8 Å². The molecule has 0 bridgehead atoms. The standard InChI is InChI=1S/C25H32N4O3S/c1-3-8-23-28-24-20(26)11-12-22-25(24,13-6-14-27-22)29(23)15-17-32-16-7-18-33(30,31)21-10-5-4-9-19(21)2/h4-6,9-14,23H,3,7-8,15-18,26H2,1-2H3. The van der Waals surface area contributed by atoms with Gasteiger partial charge in [-0.15, -0.1) is 0 Å². The number of hydrogen-bond acceptors (Lipinski definition) is 7. The van der Waals surface area contributed by atoms with Gasteiger partial charge in [0, 0.05) is 19.4 Å². The van der Waals surface area contributed by atoms with Crippen LogP contribution >= 0.6 is 0 Å². The average Bonchev–Trinajstić information content (AvgIpc) is 3.10. The molecule has 2 aliphatic heterocycles. The number of nitrogens with zero attached hydrogens (tertiary/aromatic N) is 3. The van der Waals surface area contributed by atoms with Crippen molar-refractivity contribution in [2.75, 3.05) is 25.5 Å². The van der Waals surface area contributed by atoms with Crippen molar-refractivity contribution < 1.29 is 13.2 Å². The average molecular weight is 469 g/mol. The predicted molar refractivity (Wildman–Crippen MR) is 132 cm³/mol. The van der Waals surface area contributed by atoms with E-state index in [-0.39, 0.29) is 11.9 Å². The summed E-state index contributed by atoms with van der Waals surface area (Å²) in [4.78, 5) is 12.3. The summed E-state index contributed by atoms with van der Waals surface area (Å²) in [5.41, 5.74) is 8.99. The molecule has 176 valence electrons. The summed E-state index contributed by atoms with van der Waals surface area (Å²) in [6, 6.07) is 7.09. The molecule has 1 aromatic carbocycles. The summed E-state index contributed by atoms with van der Waals surface area (Å²) in [5.74, 6) is 0.0723. The Hall–Kier alpha value is -2.55. The summed E-state index contributed by atoms with van der Waals surface area (Å²) in [7, 11) is -3.31. The molecule has 1 spiro atoms. The van der Waals surface area contributed by atoms with Crippen LogP contribution in [0.2, 0.25) is 0 Å². The van der Waals surface area contributed by atoms with E-state index in [4.69, 9.17) is 15.5 Å². The number of sulfone groups is 1. The number of aliphatic imine (C=N–C) groups is 2. The van der Waals surface area contributed by atoms with Gasteiger partial charge in [0.15, 0.2) is 9.84 Å². The first-order valence-corrected chi connectivity index (χ1v) is 13.2. The van der Waals surface area contributed by atoms with Gasteiger partial charge in [0.2, 0.25) is 0 Å². The third kappa shape index (κ3) is 4.47. The van der Waals surface area contributed by atoms with Gasteiger partial charge in [0.05, 0.1) is 34.4 Å². The molecule has 1 aromatic rings. The van der Waals surface area contributed by atoms with Crippen LogP contribution in [0.1, 0.15) is 31.7 Å². The number of allylic oxidation sites excluding steroid dienone is 3. The zero-order valence-electron chi connectivity index (χ0n) is 19.3. The minimum Gasteiger partial charge on any atom is -0.397 e. The maximum Gasteiger partial charge on any atom is 0.178 e. The van der Waals surface area contributed by atoms with Gasteiger partial charge in [0.25, 0.3) is 0 Å². The third-order valence-corrected chi connectivity index (χ3v) is 8.28. The van der Waals surface area contributed by atoms with Crippen LogP contribution in [-0.2, 0) is 14.6 Å². The Balaban J connectivity index is 1.36. The van der Waals surface area contributed by atoms with Crippen LogP contribution in [0.15, 0.2) is 74.8 Å². The van der Waals surface area contributed by atoms with Gasteiger partial charge in [0.1, 0.15) is 11.7 Å². The highest BCUT2D eigenvalue weighted by Gasteiger charge is 2.52. The number of nitrogens with two attached hydrogens (primary N) is 1. The second-order valence-corrected chi connectivity index (χ2v) is 10.6. The normalized spacial score (nSPS) is 24.2. The van der Waals surface area contributed by atoms with E-state index in [2.05, 4.69) is 22.9 Å². The number of aryl methyl sites for hydroxylation is 1. The molecule has 2 heterocycles. The zero-order chi connectivity index (χ0) is 23.5. The Morgan fingerprint density at radius 1 is 1.21 bits per heavy atom. The maximum absolute atomic E-state index is 12.6. The summed E-state index contributed by atoms with van der Waals surface area (Å²) in [6.07, 6.45) is 12.1. The molecule has 0 radical (unpaired) electrons. The van der Waals surface area contributed by atoms with Crippen LogP contribution in [0.4, 0.5) is 0 Å². The summed E-state index contributed by atoms with van der Waals surface area (Å²) >= 11 is 0. The van der Waals surface area contributed by atoms with Crippen molar-refractivity contribution in [2.45, 2.75) is 49.7 Å². The van der Waals surface area contributed by atoms with Crippen LogP contribution < -0.4 is 5.73 Å². The van der Waals surface area contributed by atoms with Crippen LogP contribution in [0.25, 0.3) is 0 Å². The molecule has 0 fully saturated rings. The Morgan fingerprint density at radius 3 is 2.82 bits per heavy atom. The molecule has 3 aliphatic rings. The quantitative estimate of drug-likeness (QED) is 0.532. The SMILES string of the molecule is CCCC1N=C2C(N)=CC=C3N=CC=CC32N1CCOCCCS(=O)(=O)c1ccccc1C. The van der Waals surface area contributed by atoms with E-state index in [0.717, 1.165) is 29.8 Å². The van der Waals surface area contributed by atoms with Crippen molar-refractivity contribution in [3.05, 3.63) is 65.5 Å².